The first-order chi connectivity index (χ1) is 11.0. The molecule has 1 aromatic heterocycles. The quantitative estimate of drug-likeness (QED) is 0.591. The van der Waals surface area contributed by atoms with Gasteiger partial charge in [0.2, 0.25) is 5.91 Å². The van der Waals surface area contributed by atoms with Crippen LogP contribution in [0.1, 0.15) is 30.5 Å². The lowest BCUT2D eigenvalue weighted by Crippen LogP contribution is -2.31. The van der Waals surface area contributed by atoms with Crippen molar-refractivity contribution in [1.29, 1.82) is 0 Å². The molecule has 1 aliphatic carbocycles. The van der Waals surface area contributed by atoms with Crippen LogP contribution in [0.2, 0.25) is 0 Å². The molecule has 1 amide bonds. The molecule has 0 radical (unpaired) electrons. The standard InChI is InChI=1S/C16H26N4O2S/c1-17-14(21)11-23-15-12-7-4-5-8-13(12)20(16(22)18-15)10-6-9-19(2)3/h4-11H2,1-3H3,(H,17,21). The molecule has 0 fully saturated rings. The first-order valence-electron chi connectivity index (χ1n) is 8.13. The molecule has 6 nitrogen and oxygen atoms in total. The number of carbonyl (C=O) groups is 1. The first kappa shape index (κ1) is 18.0. The van der Waals surface area contributed by atoms with E-state index in [2.05, 4.69) is 15.2 Å². The van der Waals surface area contributed by atoms with Crippen molar-refractivity contribution in [2.45, 2.75) is 43.7 Å². The summed E-state index contributed by atoms with van der Waals surface area (Å²) in [6.45, 7) is 1.67. The van der Waals surface area contributed by atoms with Crippen LogP contribution >= 0.6 is 11.8 Å². The van der Waals surface area contributed by atoms with Crippen molar-refractivity contribution >= 4 is 17.7 Å². The molecule has 0 spiro atoms. The third kappa shape index (κ3) is 4.81. The van der Waals surface area contributed by atoms with Gasteiger partial charge in [0.05, 0.1) is 5.75 Å². The maximum Gasteiger partial charge on any atom is 0.348 e. The molecule has 23 heavy (non-hydrogen) atoms. The highest BCUT2D eigenvalue weighted by molar-refractivity contribution is 7.99. The molecule has 0 saturated heterocycles. The number of hydrogen-bond donors (Lipinski definition) is 1. The lowest BCUT2D eigenvalue weighted by molar-refractivity contribution is -0.118. The van der Waals surface area contributed by atoms with Crippen LogP contribution in [0.25, 0.3) is 0 Å². The second-order valence-corrected chi connectivity index (χ2v) is 7.07. The highest BCUT2D eigenvalue weighted by atomic mass is 32.2. The Balaban J connectivity index is 2.24. The van der Waals surface area contributed by atoms with Crippen LogP contribution in [0.5, 0.6) is 0 Å². The maximum atomic E-state index is 12.4. The topological polar surface area (TPSA) is 67.2 Å². The summed E-state index contributed by atoms with van der Waals surface area (Å²) in [6, 6.07) is 0. The highest BCUT2D eigenvalue weighted by Crippen LogP contribution is 2.28. The van der Waals surface area contributed by atoms with Crippen LogP contribution < -0.4 is 11.0 Å². The number of thioether (sulfide) groups is 1. The number of hydrogen-bond acceptors (Lipinski definition) is 5. The summed E-state index contributed by atoms with van der Waals surface area (Å²) >= 11 is 1.37. The molecule has 0 bridgehead atoms. The highest BCUT2D eigenvalue weighted by Gasteiger charge is 2.20. The molecular formula is C16H26N4O2S. The lowest BCUT2D eigenvalue weighted by atomic mass is 9.97. The van der Waals surface area contributed by atoms with Crippen LogP contribution in [0.4, 0.5) is 0 Å². The van der Waals surface area contributed by atoms with Crippen LogP contribution in [0.3, 0.4) is 0 Å². The van der Waals surface area contributed by atoms with E-state index < -0.39 is 0 Å². The first-order valence-corrected chi connectivity index (χ1v) is 9.12. The van der Waals surface area contributed by atoms with Gasteiger partial charge in [0.15, 0.2) is 0 Å². The predicted octanol–water partition coefficient (Wildman–Crippen LogP) is 0.912. The smallest absolute Gasteiger partial charge is 0.348 e. The van der Waals surface area contributed by atoms with Crippen molar-refractivity contribution in [2.75, 3.05) is 33.4 Å². The summed E-state index contributed by atoms with van der Waals surface area (Å²) in [5.74, 6) is 0.261. The summed E-state index contributed by atoms with van der Waals surface area (Å²) in [5.41, 5.74) is 2.13. The van der Waals surface area contributed by atoms with E-state index in [-0.39, 0.29) is 11.6 Å². The number of amides is 1. The van der Waals surface area contributed by atoms with E-state index in [9.17, 15) is 9.59 Å². The maximum absolute atomic E-state index is 12.4. The summed E-state index contributed by atoms with van der Waals surface area (Å²) in [5, 5.41) is 3.35. The molecule has 1 heterocycles. The molecule has 0 saturated carbocycles. The molecule has 1 aliphatic rings. The van der Waals surface area contributed by atoms with Crippen LogP contribution in [0, 0.1) is 0 Å². The minimum absolute atomic E-state index is 0.0449. The number of rotatable bonds is 7. The van der Waals surface area contributed by atoms with Crippen LogP contribution in [-0.2, 0) is 24.2 Å². The van der Waals surface area contributed by atoms with E-state index in [1.165, 1.54) is 17.3 Å². The third-order valence-corrected chi connectivity index (χ3v) is 5.07. The summed E-state index contributed by atoms with van der Waals surface area (Å²) < 4.78 is 1.85. The molecule has 7 heteroatoms. The average molecular weight is 338 g/mol. The Morgan fingerprint density at radius 1 is 1.35 bits per heavy atom. The number of nitrogens with zero attached hydrogens (tertiary/aromatic N) is 3. The Bertz CT molecular complexity index is 613. The van der Waals surface area contributed by atoms with Gasteiger partial charge in [-0.25, -0.2) is 4.79 Å². The zero-order valence-corrected chi connectivity index (χ0v) is 15.0. The van der Waals surface area contributed by atoms with Gasteiger partial charge in [-0.05, 0) is 52.7 Å². The predicted molar refractivity (Wildman–Crippen MR) is 93.1 cm³/mol. The Hall–Kier alpha value is -1.34. The number of aromatic nitrogens is 2. The van der Waals surface area contributed by atoms with Gasteiger partial charge in [0.1, 0.15) is 5.03 Å². The second-order valence-electron chi connectivity index (χ2n) is 6.10. The average Bonchev–Trinajstić information content (AvgIpc) is 2.54. The SMILES string of the molecule is CNC(=O)CSc1nc(=O)n(CCCN(C)C)c2c1CCCC2. The minimum Gasteiger partial charge on any atom is -0.358 e. The van der Waals surface area contributed by atoms with Gasteiger partial charge in [-0.3, -0.25) is 9.36 Å². The van der Waals surface area contributed by atoms with Gasteiger partial charge in [-0.2, -0.15) is 4.98 Å². The third-order valence-electron chi connectivity index (χ3n) is 4.06. The number of carbonyl (C=O) groups excluding carboxylic acids is 1. The Labute approximate surface area is 141 Å². The van der Waals surface area contributed by atoms with Crippen LogP contribution in [-0.4, -0.2) is 53.8 Å². The summed E-state index contributed by atoms with van der Waals surface area (Å²) in [7, 11) is 5.69. The van der Waals surface area contributed by atoms with E-state index in [1.807, 2.05) is 18.7 Å². The van der Waals surface area contributed by atoms with Gasteiger partial charge < -0.3 is 10.2 Å². The zero-order chi connectivity index (χ0) is 16.8. The fraction of sp³-hybridized carbons (Fsp3) is 0.688. The fourth-order valence-corrected chi connectivity index (χ4v) is 3.80. The monoisotopic (exact) mass is 338 g/mol. The van der Waals surface area contributed by atoms with E-state index in [4.69, 9.17) is 0 Å². The van der Waals surface area contributed by atoms with Gasteiger partial charge in [0.25, 0.3) is 0 Å². The second kappa shape index (κ2) is 8.49. The molecule has 1 N–H and O–H groups in total. The largest absolute Gasteiger partial charge is 0.358 e. The molecular weight excluding hydrogens is 312 g/mol. The molecule has 0 atom stereocenters. The van der Waals surface area contributed by atoms with Crippen molar-refractivity contribution in [2.24, 2.45) is 0 Å². The molecule has 0 unspecified atom stereocenters. The van der Waals surface area contributed by atoms with Gasteiger partial charge in [-0.1, -0.05) is 11.8 Å². The van der Waals surface area contributed by atoms with Crippen molar-refractivity contribution in [1.82, 2.24) is 19.8 Å². The van der Waals surface area contributed by atoms with Crippen molar-refractivity contribution in [3.05, 3.63) is 21.7 Å². The molecule has 128 valence electrons. The summed E-state index contributed by atoms with van der Waals surface area (Å²) in [6.07, 6.45) is 5.06. The van der Waals surface area contributed by atoms with E-state index in [1.54, 1.807) is 7.05 Å². The van der Waals surface area contributed by atoms with Crippen LogP contribution in [0.15, 0.2) is 9.82 Å². The zero-order valence-electron chi connectivity index (χ0n) is 14.2. The lowest BCUT2D eigenvalue weighted by Gasteiger charge is -2.23. The van der Waals surface area contributed by atoms with Gasteiger partial charge in [0, 0.05) is 24.8 Å². The van der Waals surface area contributed by atoms with Gasteiger partial charge in [-0.15, -0.1) is 0 Å². The van der Waals surface area contributed by atoms with Crippen molar-refractivity contribution in [3.8, 4) is 0 Å². The van der Waals surface area contributed by atoms with Crippen molar-refractivity contribution < 1.29 is 4.79 Å². The van der Waals surface area contributed by atoms with Crippen molar-refractivity contribution in [3.63, 3.8) is 0 Å². The number of nitrogens with one attached hydrogen (secondary N) is 1. The molecule has 0 aromatic carbocycles. The number of fused-ring (bicyclic) bond motifs is 1. The minimum atomic E-state index is -0.177. The molecule has 0 aliphatic heterocycles. The Kier molecular flexibility index (Phi) is 6.65. The fourth-order valence-electron chi connectivity index (χ4n) is 2.85. The van der Waals surface area contributed by atoms with Gasteiger partial charge >= 0.3 is 5.69 Å². The molecule has 2 rings (SSSR count). The van der Waals surface area contributed by atoms with E-state index in [0.717, 1.165) is 49.4 Å². The molecule has 1 aromatic rings. The van der Waals surface area contributed by atoms with E-state index >= 15 is 0 Å². The Morgan fingerprint density at radius 3 is 2.78 bits per heavy atom. The Morgan fingerprint density at radius 2 is 2.09 bits per heavy atom. The summed E-state index contributed by atoms with van der Waals surface area (Å²) in [4.78, 5) is 30.3. The van der Waals surface area contributed by atoms with E-state index in [0.29, 0.717) is 12.3 Å². The normalized spacial score (nSPS) is 13.9.